The lowest BCUT2D eigenvalue weighted by molar-refractivity contribution is -0.119. The maximum Gasteiger partial charge on any atom is 0.239 e. The molecule has 0 saturated carbocycles. The summed E-state index contributed by atoms with van der Waals surface area (Å²) in [5.74, 6) is 2.11. The lowest BCUT2D eigenvalue weighted by Crippen LogP contribution is -2.44. The third kappa shape index (κ3) is 2.18. The lowest BCUT2D eigenvalue weighted by atomic mass is 9.82. The van der Waals surface area contributed by atoms with Crippen molar-refractivity contribution < 1.29 is 9.53 Å². The molecule has 3 heterocycles. The maximum absolute atomic E-state index is 11.3. The van der Waals surface area contributed by atoms with Crippen LogP contribution in [0.3, 0.4) is 0 Å². The molecular weight excluding hydrogens is 244 g/mol. The topological polar surface area (TPSA) is 66.0 Å². The number of guanidine groups is 1. The summed E-state index contributed by atoms with van der Waals surface area (Å²) in [4.78, 5) is 17.8. The number of likely N-dealkylation sites (tertiary alicyclic amines) is 1. The second kappa shape index (κ2) is 5.00. The fourth-order valence-electron chi connectivity index (χ4n) is 3.71. The van der Waals surface area contributed by atoms with Crippen molar-refractivity contribution in [3.8, 4) is 0 Å². The smallest absolute Gasteiger partial charge is 0.239 e. The van der Waals surface area contributed by atoms with Gasteiger partial charge in [0.2, 0.25) is 5.91 Å². The van der Waals surface area contributed by atoms with Gasteiger partial charge in [0.05, 0.1) is 18.8 Å². The van der Waals surface area contributed by atoms with Gasteiger partial charge in [-0.2, -0.15) is 0 Å². The van der Waals surface area contributed by atoms with E-state index >= 15 is 0 Å². The van der Waals surface area contributed by atoms with Crippen molar-refractivity contribution in [2.75, 3.05) is 33.7 Å². The number of nitrogens with zero attached hydrogens (tertiary/aromatic N) is 2. The van der Waals surface area contributed by atoms with Gasteiger partial charge in [-0.15, -0.1) is 0 Å². The largest absolute Gasteiger partial charge is 0.374 e. The van der Waals surface area contributed by atoms with Crippen LogP contribution in [-0.4, -0.2) is 62.7 Å². The van der Waals surface area contributed by atoms with Crippen molar-refractivity contribution in [3.63, 3.8) is 0 Å². The van der Waals surface area contributed by atoms with Crippen LogP contribution in [0.25, 0.3) is 0 Å². The van der Waals surface area contributed by atoms with Gasteiger partial charge in [0.1, 0.15) is 0 Å². The van der Waals surface area contributed by atoms with Crippen LogP contribution in [0.2, 0.25) is 0 Å². The third-order valence-electron chi connectivity index (χ3n) is 4.65. The number of hydrogen-bond acceptors (Lipinski definition) is 3. The summed E-state index contributed by atoms with van der Waals surface area (Å²) < 4.78 is 5.97. The van der Waals surface area contributed by atoms with E-state index in [1.165, 1.54) is 12.8 Å². The summed E-state index contributed by atoms with van der Waals surface area (Å²) in [5.41, 5.74) is 0. The van der Waals surface area contributed by atoms with Crippen LogP contribution < -0.4 is 10.6 Å². The maximum atomic E-state index is 11.3. The molecule has 106 valence electrons. The molecule has 3 fully saturated rings. The zero-order chi connectivity index (χ0) is 13.4. The number of amides is 1. The summed E-state index contributed by atoms with van der Waals surface area (Å²) in [6.07, 6.45) is 3.34. The quantitative estimate of drug-likeness (QED) is 0.518. The van der Waals surface area contributed by atoms with Crippen molar-refractivity contribution in [1.29, 1.82) is 0 Å². The van der Waals surface area contributed by atoms with E-state index in [0.717, 1.165) is 19.0 Å². The first-order valence-corrected chi connectivity index (χ1v) is 7.04. The number of carbonyl (C=O) groups is 1. The van der Waals surface area contributed by atoms with Gasteiger partial charge in [-0.05, 0) is 12.8 Å². The molecule has 2 N–H and O–H groups in total. The van der Waals surface area contributed by atoms with E-state index in [1.807, 2.05) is 0 Å². The summed E-state index contributed by atoms with van der Waals surface area (Å²) in [7, 11) is 3.41. The van der Waals surface area contributed by atoms with Crippen LogP contribution in [0.5, 0.6) is 0 Å². The Morgan fingerprint density at radius 1 is 1.32 bits per heavy atom. The van der Waals surface area contributed by atoms with Crippen LogP contribution in [0, 0.1) is 11.8 Å². The van der Waals surface area contributed by atoms with E-state index in [4.69, 9.17) is 4.74 Å². The average molecular weight is 266 g/mol. The minimum Gasteiger partial charge on any atom is -0.374 e. The second-order valence-electron chi connectivity index (χ2n) is 5.60. The van der Waals surface area contributed by atoms with Crippen LogP contribution in [0.4, 0.5) is 0 Å². The number of carbonyl (C=O) groups excluding carboxylic acids is 1. The zero-order valence-electron chi connectivity index (χ0n) is 11.6. The van der Waals surface area contributed by atoms with Gasteiger partial charge in [0.25, 0.3) is 0 Å². The highest BCUT2D eigenvalue weighted by Gasteiger charge is 2.53. The molecule has 0 radical (unpaired) electrons. The molecule has 0 aromatic rings. The Kier molecular flexibility index (Phi) is 3.35. The van der Waals surface area contributed by atoms with E-state index in [2.05, 4.69) is 20.5 Å². The summed E-state index contributed by atoms with van der Waals surface area (Å²) in [6.45, 7) is 2.27. The van der Waals surface area contributed by atoms with Gasteiger partial charge in [-0.3, -0.25) is 9.79 Å². The monoisotopic (exact) mass is 266 g/mol. The van der Waals surface area contributed by atoms with Gasteiger partial charge in [-0.1, -0.05) is 0 Å². The molecule has 6 nitrogen and oxygen atoms in total. The minimum atomic E-state index is -0.0241. The molecule has 0 aromatic carbocycles. The molecule has 0 spiro atoms. The standard InChI is InChI=1S/C13H22N4O2/c1-14-12(18)5-16-13(15-2)17-6-8-9(7-17)11-4-3-10(8)19-11/h8-11H,3-7H2,1-2H3,(H,14,18)(H,15,16). The second-order valence-corrected chi connectivity index (χ2v) is 5.60. The molecule has 3 saturated heterocycles. The molecule has 2 bridgehead atoms. The minimum absolute atomic E-state index is 0.0241. The van der Waals surface area contributed by atoms with Gasteiger partial charge in [0, 0.05) is 39.0 Å². The van der Waals surface area contributed by atoms with Gasteiger partial charge >= 0.3 is 0 Å². The number of fused-ring (bicyclic) bond motifs is 5. The molecule has 1 amide bonds. The Bertz CT molecular complexity index is 380. The van der Waals surface area contributed by atoms with Gasteiger partial charge < -0.3 is 20.3 Å². The lowest BCUT2D eigenvalue weighted by Gasteiger charge is -2.23. The van der Waals surface area contributed by atoms with Crippen LogP contribution in [0.1, 0.15) is 12.8 Å². The molecule has 19 heavy (non-hydrogen) atoms. The Labute approximate surface area is 113 Å². The van der Waals surface area contributed by atoms with Crippen molar-refractivity contribution in [2.45, 2.75) is 25.0 Å². The van der Waals surface area contributed by atoms with E-state index in [-0.39, 0.29) is 12.5 Å². The fourth-order valence-corrected chi connectivity index (χ4v) is 3.71. The highest BCUT2D eigenvalue weighted by molar-refractivity contribution is 5.86. The Balaban J connectivity index is 1.59. The molecular formula is C13H22N4O2. The van der Waals surface area contributed by atoms with Crippen molar-refractivity contribution in [3.05, 3.63) is 0 Å². The van der Waals surface area contributed by atoms with E-state index in [1.54, 1.807) is 14.1 Å². The Morgan fingerprint density at radius 3 is 2.47 bits per heavy atom. The van der Waals surface area contributed by atoms with Crippen LogP contribution in [-0.2, 0) is 9.53 Å². The SMILES string of the molecule is CN=C(NCC(=O)NC)N1CC2C3CCC(O3)C2C1. The molecule has 3 rings (SSSR count). The van der Waals surface area contributed by atoms with Crippen LogP contribution >= 0.6 is 0 Å². The first-order valence-electron chi connectivity index (χ1n) is 7.04. The molecule has 3 aliphatic heterocycles. The van der Waals surface area contributed by atoms with E-state index < -0.39 is 0 Å². The third-order valence-corrected chi connectivity index (χ3v) is 4.65. The molecule has 3 aliphatic rings. The van der Waals surface area contributed by atoms with Gasteiger partial charge in [-0.25, -0.2) is 0 Å². The van der Waals surface area contributed by atoms with E-state index in [9.17, 15) is 4.79 Å². The predicted molar refractivity (Wildman–Crippen MR) is 71.9 cm³/mol. The van der Waals surface area contributed by atoms with Crippen molar-refractivity contribution in [2.24, 2.45) is 16.8 Å². The molecule has 4 atom stereocenters. The zero-order valence-corrected chi connectivity index (χ0v) is 11.6. The first kappa shape index (κ1) is 12.7. The normalized spacial score (nSPS) is 36.5. The Hall–Kier alpha value is -1.30. The van der Waals surface area contributed by atoms with Gasteiger partial charge in [0.15, 0.2) is 5.96 Å². The number of ether oxygens (including phenoxy) is 1. The molecule has 0 aliphatic carbocycles. The highest BCUT2D eigenvalue weighted by atomic mass is 16.5. The summed E-state index contributed by atoms with van der Waals surface area (Å²) >= 11 is 0. The number of hydrogen-bond donors (Lipinski definition) is 2. The summed E-state index contributed by atoms with van der Waals surface area (Å²) in [6, 6.07) is 0. The van der Waals surface area contributed by atoms with E-state index in [0.29, 0.717) is 24.0 Å². The summed E-state index contributed by atoms with van der Waals surface area (Å²) in [5, 5.41) is 5.73. The molecule has 6 heteroatoms. The number of aliphatic imine (C=N–C) groups is 1. The average Bonchev–Trinajstić information content (AvgIpc) is 3.10. The number of nitrogens with one attached hydrogen (secondary N) is 2. The van der Waals surface area contributed by atoms with Crippen molar-refractivity contribution >= 4 is 11.9 Å². The number of rotatable bonds is 2. The molecule has 4 unspecified atom stereocenters. The highest BCUT2D eigenvalue weighted by Crippen LogP contribution is 2.47. The number of likely N-dealkylation sites (N-methyl/N-ethyl adjacent to an activating group) is 1. The van der Waals surface area contributed by atoms with Crippen molar-refractivity contribution in [1.82, 2.24) is 15.5 Å². The molecule has 0 aromatic heterocycles. The fraction of sp³-hybridized carbons (Fsp3) is 0.846. The van der Waals surface area contributed by atoms with Crippen LogP contribution in [0.15, 0.2) is 4.99 Å². The Morgan fingerprint density at radius 2 is 1.95 bits per heavy atom. The first-order chi connectivity index (χ1) is 9.22. The predicted octanol–water partition coefficient (Wildman–Crippen LogP) is -0.583.